The van der Waals surface area contributed by atoms with E-state index in [4.69, 9.17) is 4.74 Å². The van der Waals surface area contributed by atoms with E-state index in [0.29, 0.717) is 24.0 Å². The Morgan fingerprint density at radius 2 is 2.09 bits per heavy atom. The van der Waals surface area contributed by atoms with Gasteiger partial charge in [0.05, 0.1) is 7.11 Å². The number of rotatable bonds is 6. The van der Waals surface area contributed by atoms with Gasteiger partial charge in [0.25, 0.3) is 5.91 Å². The summed E-state index contributed by atoms with van der Waals surface area (Å²) < 4.78 is 5.17. The fraction of sp³-hybridized carbons (Fsp3) is 0.312. The highest BCUT2D eigenvalue weighted by Gasteiger charge is 2.09. The molecule has 0 aliphatic carbocycles. The normalized spacial score (nSPS) is 10.4. The van der Waals surface area contributed by atoms with Gasteiger partial charge >= 0.3 is 0 Å². The molecule has 1 heterocycles. The Balaban J connectivity index is 2.09. The maximum absolute atomic E-state index is 12.0. The van der Waals surface area contributed by atoms with Gasteiger partial charge in [0.2, 0.25) is 0 Å². The molecule has 2 aromatic rings. The van der Waals surface area contributed by atoms with Crippen molar-refractivity contribution in [1.82, 2.24) is 15.3 Å². The zero-order chi connectivity index (χ0) is 15.9. The number of aromatic nitrogens is 2. The molecule has 1 amide bonds. The molecule has 0 saturated carbocycles. The number of ether oxygens (including phenoxy) is 1. The topological polar surface area (TPSA) is 76.1 Å². The van der Waals surface area contributed by atoms with Crippen molar-refractivity contribution < 1.29 is 9.53 Å². The molecule has 22 heavy (non-hydrogen) atoms. The lowest BCUT2D eigenvalue weighted by molar-refractivity contribution is 0.0944. The molecule has 0 saturated heterocycles. The second kappa shape index (κ2) is 7.40. The van der Waals surface area contributed by atoms with E-state index >= 15 is 0 Å². The molecule has 1 aromatic carbocycles. The minimum atomic E-state index is -0.204. The lowest BCUT2D eigenvalue weighted by atomic mass is 10.2. The number of methoxy groups -OCH3 is 1. The van der Waals surface area contributed by atoms with E-state index in [9.17, 15) is 4.79 Å². The first-order valence-electron chi connectivity index (χ1n) is 7.10. The zero-order valence-corrected chi connectivity index (χ0v) is 13.0. The first-order valence-corrected chi connectivity index (χ1v) is 7.10. The average Bonchev–Trinajstić information content (AvgIpc) is 2.53. The maximum atomic E-state index is 12.0. The van der Waals surface area contributed by atoms with Gasteiger partial charge in [-0.3, -0.25) is 4.79 Å². The van der Waals surface area contributed by atoms with Crippen LogP contribution in [0.5, 0.6) is 5.75 Å². The van der Waals surface area contributed by atoms with Crippen molar-refractivity contribution in [1.29, 1.82) is 0 Å². The SMILES string of the molecule is COc1cccc(Nc2cc(C(=O)NCC(C)C)ncn2)c1. The number of benzene rings is 1. The molecule has 1 aromatic heterocycles. The molecule has 0 fully saturated rings. The Bertz CT molecular complexity index is 644. The van der Waals surface area contributed by atoms with Gasteiger partial charge < -0.3 is 15.4 Å². The fourth-order valence-corrected chi connectivity index (χ4v) is 1.79. The van der Waals surface area contributed by atoms with Crippen molar-refractivity contribution >= 4 is 17.4 Å². The van der Waals surface area contributed by atoms with Gasteiger partial charge in [-0.05, 0) is 18.1 Å². The number of carbonyl (C=O) groups excluding carboxylic acids is 1. The van der Waals surface area contributed by atoms with Crippen LogP contribution >= 0.6 is 0 Å². The van der Waals surface area contributed by atoms with Gasteiger partial charge in [-0.1, -0.05) is 19.9 Å². The monoisotopic (exact) mass is 300 g/mol. The van der Waals surface area contributed by atoms with Gasteiger partial charge in [0, 0.05) is 24.4 Å². The molecule has 0 unspecified atom stereocenters. The van der Waals surface area contributed by atoms with Crippen LogP contribution in [0.25, 0.3) is 0 Å². The summed E-state index contributed by atoms with van der Waals surface area (Å²) in [6, 6.07) is 9.09. The van der Waals surface area contributed by atoms with Crippen LogP contribution in [-0.2, 0) is 0 Å². The van der Waals surface area contributed by atoms with Crippen molar-refractivity contribution in [2.75, 3.05) is 19.0 Å². The lowest BCUT2D eigenvalue weighted by Crippen LogP contribution is -2.28. The molecule has 0 bridgehead atoms. The van der Waals surface area contributed by atoms with E-state index in [1.807, 2.05) is 38.1 Å². The number of nitrogens with zero attached hydrogens (tertiary/aromatic N) is 2. The smallest absolute Gasteiger partial charge is 0.270 e. The minimum absolute atomic E-state index is 0.204. The van der Waals surface area contributed by atoms with Crippen LogP contribution in [0.2, 0.25) is 0 Å². The van der Waals surface area contributed by atoms with E-state index in [0.717, 1.165) is 11.4 Å². The largest absolute Gasteiger partial charge is 0.497 e. The van der Waals surface area contributed by atoms with Crippen molar-refractivity contribution in [3.8, 4) is 5.75 Å². The van der Waals surface area contributed by atoms with Crippen molar-refractivity contribution in [2.45, 2.75) is 13.8 Å². The summed E-state index contributed by atoms with van der Waals surface area (Å²) in [7, 11) is 1.61. The molecule has 0 radical (unpaired) electrons. The van der Waals surface area contributed by atoms with Crippen molar-refractivity contribution in [3.63, 3.8) is 0 Å². The number of anilines is 2. The highest BCUT2D eigenvalue weighted by atomic mass is 16.5. The Hall–Kier alpha value is -2.63. The summed E-state index contributed by atoms with van der Waals surface area (Å²) >= 11 is 0. The summed E-state index contributed by atoms with van der Waals surface area (Å²) in [6.45, 7) is 4.69. The maximum Gasteiger partial charge on any atom is 0.270 e. The Morgan fingerprint density at radius 3 is 2.82 bits per heavy atom. The van der Waals surface area contributed by atoms with Crippen LogP contribution < -0.4 is 15.4 Å². The number of hydrogen-bond donors (Lipinski definition) is 2. The molecule has 6 nitrogen and oxygen atoms in total. The first kappa shape index (κ1) is 15.8. The third kappa shape index (κ3) is 4.44. The minimum Gasteiger partial charge on any atom is -0.497 e. The molecule has 0 spiro atoms. The van der Waals surface area contributed by atoms with E-state index in [1.54, 1.807) is 13.2 Å². The van der Waals surface area contributed by atoms with Crippen LogP contribution in [0, 0.1) is 5.92 Å². The Kier molecular flexibility index (Phi) is 5.30. The van der Waals surface area contributed by atoms with E-state index in [-0.39, 0.29) is 5.91 Å². The number of carbonyl (C=O) groups is 1. The molecule has 0 aliphatic rings. The van der Waals surface area contributed by atoms with Crippen LogP contribution in [-0.4, -0.2) is 29.5 Å². The van der Waals surface area contributed by atoms with Crippen LogP contribution in [0.1, 0.15) is 24.3 Å². The Labute approximate surface area is 129 Å². The molecule has 6 heteroatoms. The van der Waals surface area contributed by atoms with Gasteiger partial charge in [-0.2, -0.15) is 0 Å². The number of hydrogen-bond acceptors (Lipinski definition) is 5. The lowest BCUT2D eigenvalue weighted by Gasteiger charge is -2.09. The van der Waals surface area contributed by atoms with Gasteiger partial charge in [0.1, 0.15) is 23.6 Å². The Morgan fingerprint density at radius 1 is 1.27 bits per heavy atom. The van der Waals surface area contributed by atoms with Gasteiger partial charge in [-0.25, -0.2) is 9.97 Å². The quantitative estimate of drug-likeness (QED) is 0.857. The first-order chi connectivity index (χ1) is 10.6. The van der Waals surface area contributed by atoms with Crippen LogP contribution in [0.15, 0.2) is 36.7 Å². The number of amides is 1. The third-order valence-corrected chi connectivity index (χ3v) is 2.91. The molecule has 116 valence electrons. The van der Waals surface area contributed by atoms with Crippen LogP contribution in [0.3, 0.4) is 0 Å². The highest BCUT2D eigenvalue weighted by Crippen LogP contribution is 2.20. The molecule has 0 aliphatic heterocycles. The van der Waals surface area contributed by atoms with Crippen LogP contribution in [0.4, 0.5) is 11.5 Å². The van der Waals surface area contributed by atoms with E-state index in [2.05, 4.69) is 20.6 Å². The predicted octanol–water partition coefficient (Wildman–Crippen LogP) is 2.61. The van der Waals surface area contributed by atoms with E-state index < -0.39 is 0 Å². The summed E-state index contributed by atoms with van der Waals surface area (Å²) in [5, 5.41) is 5.96. The van der Waals surface area contributed by atoms with E-state index in [1.165, 1.54) is 6.33 Å². The van der Waals surface area contributed by atoms with Crippen molar-refractivity contribution in [2.24, 2.45) is 5.92 Å². The van der Waals surface area contributed by atoms with Gasteiger partial charge in [0.15, 0.2) is 0 Å². The second-order valence-corrected chi connectivity index (χ2v) is 5.25. The zero-order valence-electron chi connectivity index (χ0n) is 13.0. The summed E-state index contributed by atoms with van der Waals surface area (Å²) in [5.74, 6) is 1.48. The molecule has 2 rings (SSSR count). The molecular weight excluding hydrogens is 280 g/mol. The summed E-state index contributed by atoms with van der Waals surface area (Å²) in [6.07, 6.45) is 1.37. The highest BCUT2D eigenvalue weighted by molar-refractivity contribution is 5.92. The number of nitrogens with one attached hydrogen (secondary N) is 2. The molecule has 2 N–H and O–H groups in total. The summed E-state index contributed by atoms with van der Waals surface area (Å²) in [4.78, 5) is 20.1. The molecular formula is C16H20N4O2. The van der Waals surface area contributed by atoms with Crippen molar-refractivity contribution in [3.05, 3.63) is 42.4 Å². The van der Waals surface area contributed by atoms with Gasteiger partial charge in [-0.15, -0.1) is 0 Å². The fourth-order valence-electron chi connectivity index (χ4n) is 1.79. The molecule has 0 atom stereocenters. The third-order valence-electron chi connectivity index (χ3n) is 2.91. The second-order valence-electron chi connectivity index (χ2n) is 5.25. The summed E-state index contributed by atoms with van der Waals surface area (Å²) in [5.41, 5.74) is 1.16. The predicted molar refractivity (Wildman–Crippen MR) is 85.5 cm³/mol. The average molecular weight is 300 g/mol. The standard InChI is InChI=1S/C16H20N4O2/c1-11(2)9-17-16(21)14-8-15(19-10-18-14)20-12-5-4-6-13(7-12)22-3/h4-8,10-11H,9H2,1-3H3,(H,17,21)(H,18,19,20).